The van der Waals surface area contributed by atoms with Crippen molar-refractivity contribution in [2.24, 2.45) is 0 Å². The largest absolute Gasteiger partial charge is 0.218 e. The van der Waals surface area contributed by atoms with Gasteiger partial charge in [-0.15, -0.1) is 35.0 Å². The summed E-state index contributed by atoms with van der Waals surface area (Å²) >= 11 is 0. The first kappa shape index (κ1) is 16.1. The van der Waals surface area contributed by atoms with Crippen LogP contribution >= 0.6 is 0 Å². The molecule has 0 spiro atoms. The van der Waals surface area contributed by atoms with Crippen molar-refractivity contribution in [3.8, 4) is 0 Å². The number of fused-ring (bicyclic) bond motifs is 6. The van der Waals surface area contributed by atoms with E-state index in [9.17, 15) is 0 Å². The second kappa shape index (κ2) is 7.16. The zero-order valence-corrected chi connectivity index (χ0v) is 15.2. The third-order valence-electron chi connectivity index (χ3n) is 3.47. The van der Waals surface area contributed by atoms with Crippen molar-refractivity contribution in [3.63, 3.8) is 0 Å². The maximum atomic E-state index is 3.35. The van der Waals surface area contributed by atoms with Gasteiger partial charge in [-0.05, 0) is 0 Å². The fourth-order valence-corrected chi connectivity index (χ4v) is 2.69. The van der Waals surface area contributed by atoms with E-state index < -0.39 is 0 Å². The monoisotopic (exact) mass is 345 g/mol. The molecule has 0 aliphatic rings. The summed E-state index contributed by atoms with van der Waals surface area (Å²) in [4.78, 5) is 0. The third-order valence-corrected chi connectivity index (χ3v) is 3.47. The quantitative estimate of drug-likeness (QED) is 0.280. The van der Waals surface area contributed by atoms with Crippen molar-refractivity contribution in [2.75, 3.05) is 0 Å². The molecular formula is C20H16Y-2. The zero-order chi connectivity index (χ0) is 13.9. The Labute approximate surface area is 151 Å². The minimum atomic E-state index is 0. The molecule has 0 nitrogen and oxygen atoms in total. The van der Waals surface area contributed by atoms with Gasteiger partial charge in [-0.25, -0.2) is 10.8 Å². The summed E-state index contributed by atoms with van der Waals surface area (Å²) in [5.74, 6) is 0. The SMILES string of the molecule is CC.[Y].[c-]1cccc2c1c1[c-]cccc1c1ccccc21. The van der Waals surface area contributed by atoms with Crippen LogP contribution in [0, 0.1) is 12.1 Å². The molecule has 1 heteroatoms. The first-order valence-electron chi connectivity index (χ1n) is 7.07. The molecule has 101 valence electrons. The van der Waals surface area contributed by atoms with Crippen molar-refractivity contribution in [3.05, 3.63) is 72.8 Å². The predicted molar refractivity (Wildman–Crippen MR) is 88.0 cm³/mol. The van der Waals surface area contributed by atoms with E-state index in [2.05, 4.69) is 48.5 Å². The Kier molecular flexibility index (Phi) is 5.50. The van der Waals surface area contributed by atoms with Gasteiger partial charge in [0.1, 0.15) is 0 Å². The molecule has 0 aromatic heterocycles. The van der Waals surface area contributed by atoms with Gasteiger partial charge in [0.25, 0.3) is 0 Å². The molecule has 0 amide bonds. The summed E-state index contributed by atoms with van der Waals surface area (Å²) in [5.41, 5.74) is 0. The van der Waals surface area contributed by atoms with Crippen LogP contribution in [0.2, 0.25) is 0 Å². The molecule has 0 fully saturated rings. The number of hydrogen-bond acceptors (Lipinski definition) is 0. The minimum Gasteiger partial charge on any atom is -0.218 e. The van der Waals surface area contributed by atoms with Crippen LogP contribution in [0.5, 0.6) is 0 Å². The molecule has 0 saturated carbocycles. The second-order valence-electron chi connectivity index (χ2n) is 4.46. The van der Waals surface area contributed by atoms with E-state index in [1.807, 2.05) is 38.1 Å². The van der Waals surface area contributed by atoms with Crippen LogP contribution in [0.25, 0.3) is 32.3 Å². The second-order valence-corrected chi connectivity index (χ2v) is 4.46. The van der Waals surface area contributed by atoms with Crippen molar-refractivity contribution in [1.82, 2.24) is 0 Å². The number of benzene rings is 4. The Morgan fingerprint density at radius 3 is 1.38 bits per heavy atom. The summed E-state index contributed by atoms with van der Waals surface area (Å²) in [7, 11) is 0. The predicted octanol–water partition coefficient (Wildman–Crippen LogP) is 5.77. The molecule has 4 aromatic carbocycles. The molecule has 0 unspecified atom stereocenters. The van der Waals surface area contributed by atoms with E-state index in [0.717, 1.165) is 10.8 Å². The molecule has 4 rings (SSSR count). The van der Waals surface area contributed by atoms with Crippen molar-refractivity contribution in [2.45, 2.75) is 13.8 Å². The van der Waals surface area contributed by atoms with Crippen molar-refractivity contribution in [1.29, 1.82) is 0 Å². The summed E-state index contributed by atoms with van der Waals surface area (Å²) in [6, 6.07) is 27.6. The molecule has 0 atom stereocenters. The van der Waals surface area contributed by atoms with Crippen molar-refractivity contribution >= 4 is 32.3 Å². The molecule has 1 radical (unpaired) electrons. The van der Waals surface area contributed by atoms with Gasteiger partial charge in [-0.3, -0.25) is 0 Å². The van der Waals surface area contributed by atoms with Gasteiger partial charge in [0.05, 0.1) is 0 Å². The van der Waals surface area contributed by atoms with Crippen LogP contribution in [0.4, 0.5) is 0 Å². The molecule has 4 aromatic rings. The minimum absolute atomic E-state index is 0. The Hall–Kier alpha value is -1.24. The fraction of sp³-hybridized carbons (Fsp3) is 0.100. The molecule has 0 N–H and O–H groups in total. The van der Waals surface area contributed by atoms with E-state index in [1.54, 1.807) is 0 Å². The summed E-state index contributed by atoms with van der Waals surface area (Å²) in [6.07, 6.45) is 0. The summed E-state index contributed by atoms with van der Waals surface area (Å²) < 4.78 is 0. The fourth-order valence-electron chi connectivity index (χ4n) is 2.69. The molecule has 0 bridgehead atoms. The standard InChI is InChI=1S/C18H10.C2H6.Y/c1-2-8-14-13(7-1)15-9-3-4-11-17(15)18-12-6-5-10-16(14)18;1-2;/h1-10H;1-2H3;/q-2;;. The maximum absolute atomic E-state index is 3.35. The molecular weight excluding hydrogens is 329 g/mol. The van der Waals surface area contributed by atoms with Gasteiger partial charge >= 0.3 is 0 Å². The zero-order valence-electron chi connectivity index (χ0n) is 12.4. The Morgan fingerprint density at radius 2 is 0.952 bits per heavy atom. The summed E-state index contributed by atoms with van der Waals surface area (Å²) in [5, 5.41) is 7.40. The van der Waals surface area contributed by atoms with E-state index in [0.29, 0.717) is 0 Å². The van der Waals surface area contributed by atoms with Crippen LogP contribution in [0.15, 0.2) is 60.7 Å². The smallest absolute Gasteiger partial charge is 0 e. The average Bonchev–Trinajstić information content (AvgIpc) is 2.57. The van der Waals surface area contributed by atoms with Gasteiger partial charge in [-0.2, -0.15) is 24.3 Å². The van der Waals surface area contributed by atoms with E-state index >= 15 is 0 Å². The van der Waals surface area contributed by atoms with Gasteiger partial charge < -0.3 is 0 Å². The first-order chi connectivity index (χ1) is 9.95. The molecule has 0 aliphatic heterocycles. The average molecular weight is 345 g/mol. The third kappa shape index (κ3) is 2.75. The topological polar surface area (TPSA) is 0 Å². The van der Waals surface area contributed by atoms with E-state index in [1.165, 1.54) is 21.5 Å². The van der Waals surface area contributed by atoms with E-state index in [4.69, 9.17) is 0 Å². The van der Waals surface area contributed by atoms with Gasteiger partial charge in [-0.1, -0.05) is 48.9 Å². The normalized spacial score (nSPS) is 10.0. The molecule has 0 saturated heterocycles. The molecule has 21 heavy (non-hydrogen) atoms. The van der Waals surface area contributed by atoms with Crippen LogP contribution in [-0.4, -0.2) is 0 Å². The van der Waals surface area contributed by atoms with Gasteiger partial charge in [0.2, 0.25) is 0 Å². The number of rotatable bonds is 0. The Bertz CT molecular complexity index is 657. The van der Waals surface area contributed by atoms with Crippen LogP contribution < -0.4 is 0 Å². The van der Waals surface area contributed by atoms with Gasteiger partial charge in [0.15, 0.2) is 0 Å². The van der Waals surface area contributed by atoms with Gasteiger partial charge in [0, 0.05) is 32.7 Å². The Balaban J connectivity index is 0.000000517. The van der Waals surface area contributed by atoms with Crippen LogP contribution in [-0.2, 0) is 32.7 Å². The maximum Gasteiger partial charge on any atom is 0 e. The van der Waals surface area contributed by atoms with Crippen LogP contribution in [0.3, 0.4) is 0 Å². The summed E-state index contributed by atoms with van der Waals surface area (Å²) in [6.45, 7) is 4.00. The molecule has 0 aliphatic carbocycles. The number of hydrogen-bond donors (Lipinski definition) is 0. The Morgan fingerprint density at radius 1 is 0.571 bits per heavy atom. The molecule has 0 heterocycles. The van der Waals surface area contributed by atoms with Crippen LogP contribution in [0.1, 0.15) is 13.8 Å². The van der Waals surface area contributed by atoms with Crippen molar-refractivity contribution < 1.29 is 32.7 Å². The first-order valence-corrected chi connectivity index (χ1v) is 7.07. The van der Waals surface area contributed by atoms with E-state index in [-0.39, 0.29) is 32.7 Å².